The van der Waals surface area contributed by atoms with E-state index in [2.05, 4.69) is 20.8 Å². The van der Waals surface area contributed by atoms with Gasteiger partial charge in [-0.2, -0.15) is 0 Å². The van der Waals surface area contributed by atoms with Gasteiger partial charge in [-0.15, -0.1) is 10.2 Å². The molecule has 33 heavy (non-hydrogen) atoms. The van der Waals surface area contributed by atoms with Crippen LogP contribution in [0.3, 0.4) is 0 Å². The molecule has 0 spiro atoms. The molecule has 1 aromatic heterocycles. The molecular formula is C23H26FN5O3S. The minimum absolute atomic E-state index is 0.0813. The Morgan fingerprint density at radius 3 is 2.52 bits per heavy atom. The number of nitrogens with zero attached hydrogens (tertiary/aromatic N) is 3. The van der Waals surface area contributed by atoms with E-state index in [4.69, 9.17) is 4.74 Å². The van der Waals surface area contributed by atoms with Crippen molar-refractivity contribution >= 4 is 29.3 Å². The van der Waals surface area contributed by atoms with Crippen molar-refractivity contribution in [3.05, 3.63) is 64.7 Å². The number of benzene rings is 2. The standard InChI is InChI=1S/C23H26FN5O3S/c1-14-8-9-17(24)10-18(14)26-21(31)13-33-23-28-27-19(29(23)4)11-25-20(30)12-32-22-15(2)6-5-7-16(22)3/h5-10H,11-13H2,1-4H3,(H,25,30)(H,26,31). The molecule has 1 heterocycles. The molecule has 3 rings (SSSR count). The van der Waals surface area contributed by atoms with Crippen molar-refractivity contribution in [1.82, 2.24) is 20.1 Å². The molecule has 0 aliphatic heterocycles. The van der Waals surface area contributed by atoms with Gasteiger partial charge in [0.15, 0.2) is 17.6 Å². The number of anilines is 1. The molecule has 3 aromatic rings. The number of para-hydroxylation sites is 1. The summed E-state index contributed by atoms with van der Waals surface area (Å²) in [4.78, 5) is 24.4. The highest BCUT2D eigenvalue weighted by molar-refractivity contribution is 7.99. The Bertz CT molecular complexity index is 1140. The van der Waals surface area contributed by atoms with Crippen molar-refractivity contribution in [1.29, 1.82) is 0 Å². The molecule has 2 aromatic carbocycles. The topological polar surface area (TPSA) is 98.1 Å². The van der Waals surface area contributed by atoms with E-state index >= 15 is 0 Å². The molecule has 0 saturated carbocycles. The van der Waals surface area contributed by atoms with Crippen LogP contribution in [-0.2, 0) is 23.2 Å². The van der Waals surface area contributed by atoms with Crippen LogP contribution in [0.2, 0.25) is 0 Å². The number of rotatable bonds is 9. The van der Waals surface area contributed by atoms with Crippen LogP contribution in [0.15, 0.2) is 41.6 Å². The minimum atomic E-state index is -0.414. The lowest BCUT2D eigenvalue weighted by molar-refractivity contribution is -0.123. The zero-order valence-electron chi connectivity index (χ0n) is 18.9. The van der Waals surface area contributed by atoms with Crippen LogP contribution in [0.4, 0.5) is 10.1 Å². The van der Waals surface area contributed by atoms with Crippen molar-refractivity contribution in [2.45, 2.75) is 32.5 Å². The van der Waals surface area contributed by atoms with Crippen molar-refractivity contribution < 1.29 is 18.7 Å². The minimum Gasteiger partial charge on any atom is -0.483 e. The number of nitrogens with one attached hydrogen (secondary N) is 2. The maximum Gasteiger partial charge on any atom is 0.258 e. The van der Waals surface area contributed by atoms with Gasteiger partial charge in [0.25, 0.3) is 5.91 Å². The van der Waals surface area contributed by atoms with E-state index in [1.54, 1.807) is 24.6 Å². The summed E-state index contributed by atoms with van der Waals surface area (Å²) in [6, 6.07) is 10.0. The molecule has 0 unspecified atom stereocenters. The normalized spacial score (nSPS) is 10.7. The third-order valence-electron chi connectivity index (χ3n) is 4.93. The molecule has 0 aliphatic rings. The highest BCUT2D eigenvalue weighted by Crippen LogP contribution is 2.22. The van der Waals surface area contributed by atoms with E-state index in [-0.39, 0.29) is 30.7 Å². The first kappa shape index (κ1) is 24.2. The first-order valence-corrected chi connectivity index (χ1v) is 11.3. The van der Waals surface area contributed by atoms with Gasteiger partial charge in [-0.05, 0) is 49.6 Å². The lowest BCUT2D eigenvalue weighted by atomic mass is 10.1. The number of amides is 2. The van der Waals surface area contributed by atoms with Crippen LogP contribution in [0.25, 0.3) is 0 Å². The monoisotopic (exact) mass is 471 g/mol. The Morgan fingerprint density at radius 1 is 1.06 bits per heavy atom. The molecule has 0 saturated heterocycles. The van der Waals surface area contributed by atoms with Gasteiger partial charge < -0.3 is 19.9 Å². The first-order valence-electron chi connectivity index (χ1n) is 10.3. The van der Waals surface area contributed by atoms with Gasteiger partial charge in [0.1, 0.15) is 11.6 Å². The fraction of sp³-hybridized carbons (Fsp3) is 0.304. The fourth-order valence-corrected chi connectivity index (χ4v) is 3.79. The maximum atomic E-state index is 13.4. The summed E-state index contributed by atoms with van der Waals surface area (Å²) < 4.78 is 20.7. The summed E-state index contributed by atoms with van der Waals surface area (Å²) in [7, 11) is 1.76. The van der Waals surface area contributed by atoms with Crippen molar-refractivity contribution in [3.8, 4) is 5.75 Å². The van der Waals surface area contributed by atoms with E-state index in [1.807, 2.05) is 32.0 Å². The number of aromatic nitrogens is 3. The number of carbonyl (C=O) groups is 2. The van der Waals surface area contributed by atoms with Gasteiger partial charge in [0, 0.05) is 12.7 Å². The summed E-state index contributed by atoms with van der Waals surface area (Å²) in [5.41, 5.74) is 3.14. The summed E-state index contributed by atoms with van der Waals surface area (Å²) in [6.07, 6.45) is 0. The number of halogens is 1. The smallest absolute Gasteiger partial charge is 0.258 e. The van der Waals surface area contributed by atoms with E-state index in [1.165, 1.54) is 23.9 Å². The predicted octanol–water partition coefficient (Wildman–Crippen LogP) is 3.31. The number of thioether (sulfide) groups is 1. The molecule has 2 N–H and O–H groups in total. The molecule has 174 valence electrons. The van der Waals surface area contributed by atoms with Gasteiger partial charge in [-0.25, -0.2) is 4.39 Å². The van der Waals surface area contributed by atoms with E-state index in [0.29, 0.717) is 22.4 Å². The van der Waals surface area contributed by atoms with Gasteiger partial charge in [-0.1, -0.05) is 36.0 Å². The molecule has 10 heteroatoms. The third-order valence-corrected chi connectivity index (χ3v) is 5.95. The Labute approximate surface area is 195 Å². The molecule has 0 radical (unpaired) electrons. The Hall–Kier alpha value is -3.40. The summed E-state index contributed by atoms with van der Waals surface area (Å²) in [5.74, 6) is 0.353. The molecule has 8 nitrogen and oxygen atoms in total. The van der Waals surface area contributed by atoms with Crippen LogP contribution in [0, 0.1) is 26.6 Å². The second kappa shape index (κ2) is 11.0. The molecule has 0 atom stereocenters. The van der Waals surface area contributed by atoms with Gasteiger partial charge in [-0.3, -0.25) is 9.59 Å². The van der Waals surface area contributed by atoms with Crippen LogP contribution < -0.4 is 15.4 Å². The Balaban J connectivity index is 1.47. The average Bonchev–Trinajstić information content (AvgIpc) is 3.12. The summed E-state index contributed by atoms with van der Waals surface area (Å²) >= 11 is 1.20. The molecule has 0 fully saturated rings. The highest BCUT2D eigenvalue weighted by Gasteiger charge is 2.14. The maximum absolute atomic E-state index is 13.4. The SMILES string of the molecule is Cc1ccc(F)cc1NC(=O)CSc1nnc(CNC(=O)COc2c(C)cccc2C)n1C. The summed E-state index contributed by atoms with van der Waals surface area (Å²) in [5, 5.41) is 14.1. The van der Waals surface area contributed by atoms with Crippen LogP contribution >= 0.6 is 11.8 Å². The van der Waals surface area contributed by atoms with Gasteiger partial charge in [0.2, 0.25) is 5.91 Å². The van der Waals surface area contributed by atoms with Crippen molar-refractivity contribution in [2.24, 2.45) is 7.05 Å². The number of ether oxygens (including phenoxy) is 1. The molecule has 2 amide bonds. The molecular weight excluding hydrogens is 445 g/mol. The van der Waals surface area contributed by atoms with Gasteiger partial charge in [0.05, 0.1) is 12.3 Å². The lowest BCUT2D eigenvalue weighted by Gasteiger charge is -2.12. The average molecular weight is 472 g/mol. The van der Waals surface area contributed by atoms with Crippen LogP contribution in [-0.4, -0.2) is 38.9 Å². The number of hydrogen-bond donors (Lipinski definition) is 2. The second-order valence-electron chi connectivity index (χ2n) is 7.54. The number of aryl methyl sites for hydroxylation is 3. The number of hydrogen-bond acceptors (Lipinski definition) is 6. The van der Waals surface area contributed by atoms with E-state index in [0.717, 1.165) is 16.7 Å². The lowest BCUT2D eigenvalue weighted by Crippen LogP contribution is -2.29. The largest absolute Gasteiger partial charge is 0.483 e. The third kappa shape index (κ3) is 6.55. The Morgan fingerprint density at radius 2 is 1.79 bits per heavy atom. The predicted molar refractivity (Wildman–Crippen MR) is 125 cm³/mol. The number of carbonyl (C=O) groups excluding carboxylic acids is 2. The molecule has 0 bridgehead atoms. The van der Waals surface area contributed by atoms with Crippen molar-refractivity contribution in [2.75, 3.05) is 17.7 Å². The zero-order chi connectivity index (χ0) is 24.0. The van der Waals surface area contributed by atoms with Crippen molar-refractivity contribution in [3.63, 3.8) is 0 Å². The summed E-state index contributed by atoms with van der Waals surface area (Å²) in [6.45, 7) is 5.72. The molecule has 0 aliphatic carbocycles. The van der Waals surface area contributed by atoms with Crippen LogP contribution in [0.5, 0.6) is 5.75 Å². The Kier molecular flexibility index (Phi) is 8.05. The second-order valence-corrected chi connectivity index (χ2v) is 8.48. The highest BCUT2D eigenvalue weighted by atomic mass is 32.2. The fourth-order valence-electron chi connectivity index (χ4n) is 3.06. The zero-order valence-corrected chi connectivity index (χ0v) is 19.8. The van der Waals surface area contributed by atoms with E-state index in [9.17, 15) is 14.0 Å². The van der Waals surface area contributed by atoms with Crippen LogP contribution in [0.1, 0.15) is 22.5 Å². The quantitative estimate of drug-likeness (QED) is 0.465. The van der Waals surface area contributed by atoms with Gasteiger partial charge >= 0.3 is 0 Å². The first-order chi connectivity index (χ1) is 15.7. The van der Waals surface area contributed by atoms with E-state index < -0.39 is 5.82 Å².